The molecule has 0 spiro atoms. The first-order valence-electron chi connectivity index (χ1n) is 7.29. The number of oxazole rings is 1. The van der Waals surface area contributed by atoms with Crippen molar-refractivity contribution in [1.29, 1.82) is 0 Å². The van der Waals surface area contributed by atoms with E-state index in [0.29, 0.717) is 19.0 Å². The second-order valence-corrected chi connectivity index (χ2v) is 5.23. The topological polar surface area (TPSA) is 67.2 Å². The highest BCUT2D eigenvalue weighted by molar-refractivity contribution is 5.80. The van der Waals surface area contributed by atoms with Crippen LogP contribution in [-0.4, -0.2) is 17.4 Å². The molecule has 5 nitrogen and oxygen atoms in total. The second kappa shape index (κ2) is 5.99. The molecule has 1 atom stereocenters. The number of anilines is 1. The fourth-order valence-electron chi connectivity index (χ4n) is 2.53. The summed E-state index contributed by atoms with van der Waals surface area (Å²) >= 11 is 0. The van der Waals surface area contributed by atoms with E-state index in [4.69, 9.17) is 4.42 Å². The molecule has 3 rings (SSSR count). The number of aryl methyl sites for hydroxylation is 1. The molecule has 1 unspecified atom stereocenters. The third kappa shape index (κ3) is 3.07. The van der Waals surface area contributed by atoms with Crippen LogP contribution < -0.4 is 10.6 Å². The Hall–Kier alpha value is -2.30. The summed E-state index contributed by atoms with van der Waals surface area (Å²) < 4.78 is 5.49. The number of carbonyl (C=O) groups is 1. The lowest BCUT2D eigenvalue weighted by Gasteiger charge is -2.25. The number of amides is 1. The lowest BCUT2D eigenvalue weighted by Crippen LogP contribution is -2.37. The Morgan fingerprint density at radius 3 is 3.14 bits per heavy atom. The molecule has 2 N–H and O–H groups in total. The van der Waals surface area contributed by atoms with Gasteiger partial charge in [0.25, 0.3) is 0 Å². The van der Waals surface area contributed by atoms with Crippen LogP contribution in [0.15, 0.2) is 34.9 Å². The van der Waals surface area contributed by atoms with Gasteiger partial charge >= 0.3 is 0 Å². The molecule has 0 saturated carbocycles. The van der Waals surface area contributed by atoms with Crippen LogP contribution in [0.4, 0.5) is 5.69 Å². The van der Waals surface area contributed by atoms with Crippen LogP contribution in [0.3, 0.4) is 0 Å². The lowest BCUT2D eigenvalue weighted by atomic mass is 9.93. The van der Waals surface area contributed by atoms with Gasteiger partial charge < -0.3 is 15.1 Å². The van der Waals surface area contributed by atoms with Gasteiger partial charge in [0.15, 0.2) is 0 Å². The zero-order chi connectivity index (χ0) is 14.7. The van der Waals surface area contributed by atoms with E-state index in [-0.39, 0.29) is 11.8 Å². The Balaban J connectivity index is 1.57. The molecule has 0 fully saturated rings. The van der Waals surface area contributed by atoms with Gasteiger partial charge in [0.05, 0.1) is 18.7 Å². The molecule has 0 radical (unpaired) electrons. The van der Waals surface area contributed by atoms with E-state index < -0.39 is 0 Å². The van der Waals surface area contributed by atoms with E-state index in [0.717, 1.165) is 24.3 Å². The van der Waals surface area contributed by atoms with E-state index in [1.54, 1.807) is 6.20 Å². The number of rotatable bonds is 4. The minimum atomic E-state index is -0.0551. The largest absolute Gasteiger partial charge is 0.444 e. The predicted octanol–water partition coefficient (Wildman–Crippen LogP) is 2.14. The van der Waals surface area contributed by atoms with Crippen molar-refractivity contribution in [2.75, 3.05) is 11.9 Å². The Morgan fingerprint density at radius 2 is 2.33 bits per heavy atom. The number of nitrogens with one attached hydrogen (secondary N) is 2. The summed E-state index contributed by atoms with van der Waals surface area (Å²) in [4.78, 5) is 16.4. The van der Waals surface area contributed by atoms with Gasteiger partial charge in [-0.3, -0.25) is 4.79 Å². The highest BCUT2D eigenvalue weighted by Crippen LogP contribution is 2.24. The standard InChI is InChI=1S/C16H19N3O2/c1-2-13-9-18-15(21-13)10-19-16(20)12-7-11-5-3-4-6-14(11)17-8-12/h3-6,9,12,17H,2,7-8,10H2,1H3,(H,19,20). The number of carbonyl (C=O) groups excluding carboxylic acids is 1. The summed E-state index contributed by atoms with van der Waals surface area (Å²) in [7, 11) is 0. The minimum Gasteiger partial charge on any atom is -0.444 e. The summed E-state index contributed by atoms with van der Waals surface area (Å²) in [6.45, 7) is 3.01. The molecule has 1 aliphatic heterocycles. The predicted molar refractivity (Wildman–Crippen MR) is 79.9 cm³/mol. The summed E-state index contributed by atoms with van der Waals surface area (Å²) in [6, 6.07) is 8.10. The van der Waals surface area contributed by atoms with Crippen molar-refractivity contribution in [1.82, 2.24) is 10.3 Å². The van der Waals surface area contributed by atoms with Crippen LogP contribution in [0.1, 0.15) is 24.1 Å². The molecule has 1 aromatic carbocycles. The van der Waals surface area contributed by atoms with Crippen molar-refractivity contribution < 1.29 is 9.21 Å². The maximum Gasteiger partial charge on any atom is 0.225 e. The number of hydrogen-bond acceptors (Lipinski definition) is 4. The van der Waals surface area contributed by atoms with Gasteiger partial charge in [0.1, 0.15) is 5.76 Å². The Morgan fingerprint density at radius 1 is 1.48 bits per heavy atom. The van der Waals surface area contributed by atoms with Crippen molar-refractivity contribution in [3.63, 3.8) is 0 Å². The third-order valence-electron chi connectivity index (χ3n) is 3.76. The number of para-hydroxylation sites is 1. The first-order chi connectivity index (χ1) is 10.3. The van der Waals surface area contributed by atoms with Crippen molar-refractivity contribution in [2.24, 2.45) is 5.92 Å². The van der Waals surface area contributed by atoms with Crippen molar-refractivity contribution in [3.8, 4) is 0 Å². The zero-order valence-electron chi connectivity index (χ0n) is 12.1. The quantitative estimate of drug-likeness (QED) is 0.903. The number of nitrogens with zero attached hydrogens (tertiary/aromatic N) is 1. The molecule has 110 valence electrons. The number of hydrogen-bond donors (Lipinski definition) is 2. The molecule has 5 heteroatoms. The van der Waals surface area contributed by atoms with Crippen LogP contribution in [-0.2, 0) is 24.2 Å². The normalized spacial score (nSPS) is 16.9. The summed E-state index contributed by atoms with van der Waals surface area (Å²) in [6.07, 6.45) is 3.28. The van der Waals surface area contributed by atoms with Gasteiger partial charge in [-0.15, -0.1) is 0 Å². The van der Waals surface area contributed by atoms with E-state index in [1.807, 2.05) is 25.1 Å². The van der Waals surface area contributed by atoms with Gasteiger partial charge in [-0.2, -0.15) is 0 Å². The first-order valence-corrected chi connectivity index (χ1v) is 7.29. The van der Waals surface area contributed by atoms with Crippen molar-refractivity contribution >= 4 is 11.6 Å². The van der Waals surface area contributed by atoms with Crippen LogP contribution in [0.25, 0.3) is 0 Å². The third-order valence-corrected chi connectivity index (χ3v) is 3.76. The smallest absolute Gasteiger partial charge is 0.225 e. The summed E-state index contributed by atoms with van der Waals surface area (Å²) in [5.41, 5.74) is 2.31. The molecule has 1 aromatic heterocycles. The summed E-state index contributed by atoms with van der Waals surface area (Å²) in [5, 5.41) is 6.21. The van der Waals surface area contributed by atoms with E-state index in [2.05, 4.69) is 21.7 Å². The first kappa shape index (κ1) is 13.7. The van der Waals surface area contributed by atoms with Crippen molar-refractivity contribution in [3.05, 3.63) is 47.7 Å². The van der Waals surface area contributed by atoms with Gasteiger partial charge in [-0.1, -0.05) is 25.1 Å². The molecule has 1 amide bonds. The number of aromatic nitrogens is 1. The van der Waals surface area contributed by atoms with Crippen LogP contribution in [0.2, 0.25) is 0 Å². The molecular weight excluding hydrogens is 266 g/mol. The fourth-order valence-corrected chi connectivity index (χ4v) is 2.53. The molecular formula is C16H19N3O2. The Kier molecular flexibility index (Phi) is 3.90. The zero-order valence-corrected chi connectivity index (χ0v) is 12.1. The monoisotopic (exact) mass is 285 g/mol. The highest BCUT2D eigenvalue weighted by Gasteiger charge is 2.24. The van der Waals surface area contributed by atoms with Crippen LogP contribution in [0, 0.1) is 5.92 Å². The van der Waals surface area contributed by atoms with E-state index in [1.165, 1.54) is 5.56 Å². The van der Waals surface area contributed by atoms with Gasteiger partial charge in [-0.05, 0) is 18.1 Å². The maximum atomic E-state index is 12.2. The molecule has 2 aromatic rings. The SMILES string of the molecule is CCc1cnc(CNC(=O)C2CNc3ccccc3C2)o1. The van der Waals surface area contributed by atoms with Crippen LogP contribution >= 0.6 is 0 Å². The molecule has 0 aliphatic carbocycles. The van der Waals surface area contributed by atoms with E-state index in [9.17, 15) is 4.79 Å². The maximum absolute atomic E-state index is 12.2. The molecule has 1 aliphatic rings. The Bertz CT molecular complexity index is 636. The summed E-state index contributed by atoms with van der Waals surface area (Å²) in [5.74, 6) is 1.38. The fraction of sp³-hybridized carbons (Fsp3) is 0.375. The highest BCUT2D eigenvalue weighted by atomic mass is 16.4. The van der Waals surface area contributed by atoms with Gasteiger partial charge in [0, 0.05) is 18.7 Å². The number of benzene rings is 1. The molecule has 0 bridgehead atoms. The van der Waals surface area contributed by atoms with Crippen molar-refractivity contribution in [2.45, 2.75) is 26.3 Å². The molecule has 21 heavy (non-hydrogen) atoms. The van der Waals surface area contributed by atoms with Gasteiger partial charge in [-0.25, -0.2) is 4.98 Å². The average molecular weight is 285 g/mol. The Labute approximate surface area is 123 Å². The van der Waals surface area contributed by atoms with Gasteiger partial charge in [0.2, 0.25) is 11.8 Å². The molecule has 2 heterocycles. The molecule has 0 saturated heterocycles. The van der Waals surface area contributed by atoms with E-state index >= 15 is 0 Å². The second-order valence-electron chi connectivity index (χ2n) is 5.23. The average Bonchev–Trinajstić information content (AvgIpc) is 3.00. The minimum absolute atomic E-state index is 0.0354. The van der Waals surface area contributed by atoms with Crippen LogP contribution in [0.5, 0.6) is 0 Å². The number of fused-ring (bicyclic) bond motifs is 1. The lowest BCUT2D eigenvalue weighted by molar-refractivity contribution is -0.124.